The van der Waals surface area contributed by atoms with Gasteiger partial charge in [0.05, 0.1) is 62.5 Å². The lowest BCUT2D eigenvalue weighted by Crippen LogP contribution is -2.11. The summed E-state index contributed by atoms with van der Waals surface area (Å²) in [7, 11) is 1.36. The van der Waals surface area contributed by atoms with Gasteiger partial charge in [-0.05, 0) is 91.0 Å². The van der Waals surface area contributed by atoms with E-state index < -0.39 is 5.91 Å². The number of pyridine rings is 5. The van der Waals surface area contributed by atoms with Gasteiger partial charge in [0.15, 0.2) is 0 Å². The van der Waals surface area contributed by atoms with Crippen LogP contribution in [0.5, 0.6) is 0 Å². The van der Waals surface area contributed by atoms with Crippen LogP contribution in [-0.2, 0) is 4.74 Å². The lowest BCUT2D eigenvalue weighted by atomic mass is 10.00. The van der Waals surface area contributed by atoms with Crippen LogP contribution in [0.2, 0.25) is 0 Å². The van der Waals surface area contributed by atoms with Gasteiger partial charge >= 0.3 is 5.97 Å². The second-order valence-electron chi connectivity index (χ2n) is 19.4. The van der Waals surface area contributed by atoms with E-state index in [1.54, 1.807) is 61.3 Å². The maximum Gasteiger partial charge on any atom is 0.340 e. The zero-order valence-corrected chi connectivity index (χ0v) is 52.8. The van der Waals surface area contributed by atoms with Crippen molar-refractivity contribution in [1.82, 2.24) is 55.3 Å². The minimum atomic E-state index is -0.463. The quantitative estimate of drug-likeness (QED) is 0.130. The first kappa shape index (κ1) is 63.1. The Morgan fingerprint density at radius 2 is 0.728 bits per heavy atom. The normalized spacial score (nSPS) is 10.4. The van der Waals surface area contributed by atoms with Crippen molar-refractivity contribution in [2.45, 2.75) is 0 Å². The van der Waals surface area contributed by atoms with E-state index in [1.165, 1.54) is 7.11 Å². The predicted molar refractivity (Wildman–Crippen MR) is 363 cm³/mol. The average molecular weight is 1400 g/mol. The lowest BCUT2D eigenvalue weighted by Gasteiger charge is -2.09. The van der Waals surface area contributed by atoms with E-state index in [2.05, 4.69) is 121 Å². The number of nitrogen functional groups attached to an aromatic ring is 2. The molecule has 0 saturated carbocycles. The molecule has 0 aliphatic carbocycles. The number of nitrogens with two attached hydrogens (primary N) is 3. The number of fused-ring (bicyclic) bond motifs is 5. The monoisotopic (exact) mass is 1400 g/mol. The molecule has 1 amide bonds. The molecule has 6 N–H and O–H groups in total. The Morgan fingerprint density at radius 1 is 0.391 bits per heavy atom. The van der Waals surface area contributed by atoms with Crippen molar-refractivity contribution in [2.24, 2.45) is 5.73 Å². The Labute approximate surface area is 549 Å². The van der Waals surface area contributed by atoms with Crippen LogP contribution in [0.25, 0.3) is 99.5 Å². The van der Waals surface area contributed by atoms with Gasteiger partial charge < -0.3 is 21.9 Å². The van der Waals surface area contributed by atoms with Crippen LogP contribution in [-0.4, -0.2) is 74.3 Å². The first-order valence-electron chi connectivity index (χ1n) is 27.3. The van der Waals surface area contributed by atoms with Crippen molar-refractivity contribution in [1.29, 1.82) is 15.8 Å². The fourth-order valence-corrected chi connectivity index (χ4v) is 10.9. The van der Waals surface area contributed by atoms with Crippen LogP contribution in [0.3, 0.4) is 0 Å². The SMILES string of the molecule is COC(=O)c1cc(Br)cc2cccnc12.N#Cc1cc(-c2nnc(N)nc2-c2ccccc2)cc2cccnc12.N#Cc1cc(-c2nnc(N)nc2-c2ccccc2)cc2cccnc12.N#Cc1cc(Br)cc2cccnc12.NC(=O)c1cc(Br)cc2cccnc12. The predicted octanol–water partition coefficient (Wildman–Crippen LogP) is 14.2. The van der Waals surface area contributed by atoms with E-state index in [9.17, 15) is 20.1 Å². The van der Waals surface area contributed by atoms with E-state index in [0.717, 1.165) is 68.1 Å². The summed E-state index contributed by atoms with van der Waals surface area (Å²) in [4.78, 5) is 52.4. The second-order valence-corrected chi connectivity index (χ2v) is 22.2. The Morgan fingerprint density at radius 3 is 1.11 bits per heavy atom. The van der Waals surface area contributed by atoms with E-state index in [0.29, 0.717) is 72.7 Å². The second kappa shape index (κ2) is 29.4. The zero-order valence-electron chi connectivity index (χ0n) is 48.1. The fourth-order valence-electron chi connectivity index (χ4n) is 9.49. The van der Waals surface area contributed by atoms with Crippen molar-refractivity contribution in [3.63, 3.8) is 0 Å². The van der Waals surface area contributed by atoms with Gasteiger partial charge in [-0.25, -0.2) is 14.8 Å². The van der Waals surface area contributed by atoms with Crippen LogP contribution in [0.15, 0.2) is 226 Å². The number of esters is 1. The number of hydrogen-bond acceptors (Lipinski definition) is 19. The number of halogens is 3. The maximum atomic E-state index is 11.5. The molecular weight excluding hydrogens is 1350 g/mol. The number of amides is 1. The summed E-state index contributed by atoms with van der Waals surface area (Å²) in [6, 6.07) is 62.8. The number of hydrogen-bond donors (Lipinski definition) is 3. The molecule has 0 spiro atoms. The number of primary amides is 1. The molecule has 0 unspecified atom stereocenters. The van der Waals surface area contributed by atoms with Gasteiger partial charge in [-0.1, -0.05) is 139 Å². The number of methoxy groups -OCH3 is 1. The third kappa shape index (κ3) is 14.8. The summed E-state index contributed by atoms with van der Waals surface area (Å²) in [6.45, 7) is 0. The first-order chi connectivity index (χ1) is 44.7. The molecule has 444 valence electrons. The summed E-state index contributed by atoms with van der Waals surface area (Å²) in [5, 5.41) is 48.6. The van der Waals surface area contributed by atoms with Crippen LogP contribution in [0, 0.1) is 34.0 Å². The number of rotatable bonds is 6. The summed E-state index contributed by atoms with van der Waals surface area (Å²) in [5.74, 6) is -0.633. The van der Waals surface area contributed by atoms with E-state index in [1.807, 2.05) is 152 Å². The minimum absolute atomic E-state index is 0.102. The molecule has 0 fully saturated rings. The van der Waals surface area contributed by atoms with Crippen molar-refractivity contribution in [3.8, 4) is 63.2 Å². The van der Waals surface area contributed by atoms with Crippen LogP contribution in [0.1, 0.15) is 37.4 Å². The molecule has 92 heavy (non-hydrogen) atoms. The smallest absolute Gasteiger partial charge is 0.340 e. The van der Waals surface area contributed by atoms with Gasteiger partial charge in [0.25, 0.3) is 5.91 Å². The molecule has 23 heteroatoms. The molecule has 7 heterocycles. The van der Waals surface area contributed by atoms with Crippen LogP contribution in [0.4, 0.5) is 11.9 Å². The molecule has 0 atom stereocenters. The van der Waals surface area contributed by atoms with Gasteiger partial charge in [0.1, 0.15) is 41.0 Å². The number of nitrogens with zero attached hydrogens (tertiary/aromatic N) is 14. The van der Waals surface area contributed by atoms with Crippen molar-refractivity contribution >= 4 is 126 Å². The molecule has 14 aromatic rings. The highest BCUT2D eigenvalue weighted by molar-refractivity contribution is 9.11. The number of carbonyl (C=O) groups is 2. The number of benzene rings is 7. The number of ether oxygens (including phenoxy) is 1. The molecule has 7 aromatic heterocycles. The molecule has 14 rings (SSSR count). The standard InChI is InChI=1S/2C19H12N6.C11H8BrNO2.C10H7BrN2O.C10H5BrN2/c2*20-11-15-10-14(9-13-7-4-8-22-16(13)15)18-17(23-19(21)25-24-18)12-5-2-1-3-6-12;1-15-11(14)9-6-8(12)5-7-3-2-4-13-10(7)9;11-7-4-6-2-1-3-13-9(6)8(5-7)10(12)14;11-9-4-7-2-1-3-13-10(7)8(5-9)6-12/h2*1-10H,(H2,21,23,25);2-6H,1H3;1-5H,(H2,12,14);1-5H. The third-order valence-corrected chi connectivity index (χ3v) is 14.9. The molecule has 20 nitrogen and oxygen atoms in total. The molecule has 0 radical (unpaired) electrons. The van der Waals surface area contributed by atoms with Crippen LogP contribution >= 0.6 is 47.8 Å². The number of aromatic nitrogens is 11. The summed E-state index contributed by atoms with van der Waals surface area (Å²) in [6.07, 6.45) is 8.33. The number of nitriles is 3. The highest BCUT2D eigenvalue weighted by atomic mass is 79.9. The van der Waals surface area contributed by atoms with Crippen LogP contribution < -0.4 is 17.2 Å². The Balaban J connectivity index is 0.000000130. The van der Waals surface area contributed by atoms with E-state index in [-0.39, 0.29) is 17.9 Å². The first-order valence-corrected chi connectivity index (χ1v) is 29.7. The molecule has 7 aromatic carbocycles. The molecular formula is C69H44Br3N17O3. The largest absolute Gasteiger partial charge is 0.465 e. The van der Waals surface area contributed by atoms with Crippen molar-refractivity contribution in [3.05, 3.63) is 254 Å². The van der Waals surface area contributed by atoms with Crippen molar-refractivity contribution < 1.29 is 14.3 Å². The minimum Gasteiger partial charge on any atom is -0.465 e. The van der Waals surface area contributed by atoms with Crippen molar-refractivity contribution in [2.75, 3.05) is 18.6 Å². The van der Waals surface area contributed by atoms with Gasteiger partial charge in [0.2, 0.25) is 11.9 Å². The maximum absolute atomic E-state index is 11.5. The van der Waals surface area contributed by atoms with Gasteiger partial charge in [-0.3, -0.25) is 29.7 Å². The molecule has 0 aliphatic rings. The Bertz CT molecular complexity index is 5060. The summed E-state index contributed by atoms with van der Waals surface area (Å²) < 4.78 is 7.27. The Hall–Kier alpha value is -11.9. The third-order valence-electron chi connectivity index (χ3n) is 13.5. The molecule has 0 bridgehead atoms. The molecule has 0 saturated heterocycles. The highest BCUT2D eigenvalue weighted by Crippen LogP contribution is 2.34. The Kier molecular flexibility index (Phi) is 20.1. The van der Waals surface area contributed by atoms with Gasteiger partial charge in [-0.2, -0.15) is 15.8 Å². The zero-order chi connectivity index (χ0) is 64.7. The number of carbonyl (C=O) groups excluding carboxylic acids is 2. The lowest BCUT2D eigenvalue weighted by molar-refractivity contribution is 0.0602. The van der Waals surface area contributed by atoms with Gasteiger partial charge in [-0.15, -0.1) is 20.4 Å². The topological polar surface area (TPSA) is 335 Å². The van der Waals surface area contributed by atoms with Gasteiger partial charge in [0, 0.05) is 93.6 Å². The summed E-state index contributed by atoms with van der Waals surface area (Å²) >= 11 is 10.0. The molecule has 0 aliphatic heterocycles. The fraction of sp³-hybridized carbons (Fsp3) is 0.0145. The van der Waals surface area contributed by atoms with E-state index in [4.69, 9.17) is 27.2 Å². The summed E-state index contributed by atoms with van der Waals surface area (Å²) in [5.41, 5.74) is 28.2. The van der Waals surface area contributed by atoms with E-state index >= 15 is 0 Å². The highest BCUT2D eigenvalue weighted by Gasteiger charge is 2.18. The number of anilines is 2. The average Bonchev–Trinajstić information content (AvgIpc) is 0.848.